The highest BCUT2D eigenvalue weighted by atomic mass is 35.5. The molecule has 0 radical (unpaired) electrons. The fourth-order valence-corrected chi connectivity index (χ4v) is 3.94. The molecule has 0 atom stereocenters. The summed E-state index contributed by atoms with van der Waals surface area (Å²) in [5.74, 6) is 0.940. The predicted octanol–water partition coefficient (Wildman–Crippen LogP) is 2.91. The highest BCUT2D eigenvalue weighted by molar-refractivity contribution is 7.89. The fourth-order valence-electron chi connectivity index (χ4n) is 2.37. The van der Waals surface area contributed by atoms with Gasteiger partial charge in [-0.3, -0.25) is 0 Å². The minimum absolute atomic E-state index is 0.147. The largest absolute Gasteiger partial charge is 0.486 e. The van der Waals surface area contributed by atoms with Crippen molar-refractivity contribution < 1.29 is 22.4 Å². The molecule has 1 aromatic carbocycles. The second-order valence-electron chi connectivity index (χ2n) is 6.90. The lowest BCUT2D eigenvalue weighted by Crippen LogP contribution is -2.16. The van der Waals surface area contributed by atoms with Crippen molar-refractivity contribution in [2.45, 2.75) is 37.7 Å². The molecule has 0 saturated carbocycles. The Kier molecular flexibility index (Phi) is 4.68. The standard InChI is InChI=1S/C16H19ClN2O5S/c1-16(2,3)15-18-13(19-24-15)9-25(20,21)8-10-6-11(17)14-12(7-10)22-4-5-23-14/h6-7H,4-5,8-9H2,1-3H3. The molecule has 0 aliphatic carbocycles. The molecule has 0 spiro atoms. The third kappa shape index (κ3) is 4.24. The van der Waals surface area contributed by atoms with E-state index in [4.69, 9.17) is 25.6 Å². The van der Waals surface area contributed by atoms with Crippen LogP contribution in [0.25, 0.3) is 0 Å². The topological polar surface area (TPSA) is 91.5 Å². The molecule has 25 heavy (non-hydrogen) atoms. The smallest absolute Gasteiger partial charge is 0.232 e. The van der Waals surface area contributed by atoms with E-state index in [0.29, 0.717) is 41.2 Å². The van der Waals surface area contributed by atoms with Crippen LogP contribution < -0.4 is 9.47 Å². The van der Waals surface area contributed by atoms with Gasteiger partial charge in [0.25, 0.3) is 0 Å². The van der Waals surface area contributed by atoms with E-state index >= 15 is 0 Å². The minimum atomic E-state index is -3.50. The number of benzene rings is 1. The van der Waals surface area contributed by atoms with Gasteiger partial charge >= 0.3 is 0 Å². The van der Waals surface area contributed by atoms with Gasteiger partial charge in [0.05, 0.1) is 10.8 Å². The Morgan fingerprint density at radius 3 is 2.56 bits per heavy atom. The minimum Gasteiger partial charge on any atom is -0.486 e. The van der Waals surface area contributed by atoms with Gasteiger partial charge in [-0.25, -0.2) is 8.42 Å². The van der Waals surface area contributed by atoms with Gasteiger partial charge in [0.2, 0.25) is 5.89 Å². The van der Waals surface area contributed by atoms with Gasteiger partial charge in [0, 0.05) is 5.41 Å². The Morgan fingerprint density at radius 2 is 1.88 bits per heavy atom. The first-order valence-corrected chi connectivity index (χ1v) is 9.95. The average molecular weight is 387 g/mol. The summed E-state index contributed by atoms with van der Waals surface area (Å²) in [6.07, 6.45) is 0. The molecule has 2 aromatic rings. The van der Waals surface area contributed by atoms with Crippen LogP contribution in [0.5, 0.6) is 11.5 Å². The summed E-state index contributed by atoms with van der Waals surface area (Å²) in [5.41, 5.74) is 0.187. The molecule has 0 saturated heterocycles. The number of halogens is 1. The molecule has 0 fully saturated rings. The van der Waals surface area contributed by atoms with Gasteiger partial charge in [-0.05, 0) is 17.7 Å². The van der Waals surface area contributed by atoms with Gasteiger partial charge < -0.3 is 14.0 Å². The number of hydrogen-bond acceptors (Lipinski definition) is 7. The lowest BCUT2D eigenvalue weighted by Gasteiger charge is -2.20. The third-order valence-corrected chi connectivity index (χ3v) is 5.25. The monoisotopic (exact) mass is 386 g/mol. The molecule has 0 amide bonds. The highest BCUT2D eigenvalue weighted by Gasteiger charge is 2.25. The van der Waals surface area contributed by atoms with Gasteiger partial charge in [0.15, 0.2) is 27.2 Å². The highest BCUT2D eigenvalue weighted by Crippen LogP contribution is 2.38. The molecule has 7 nitrogen and oxygen atoms in total. The zero-order valence-electron chi connectivity index (χ0n) is 14.2. The average Bonchev–Trinajstić information content (AvgIpc) is 2.94. The summed E-state index contributed by atoms with van der Waals surface area (Å²) < 4.78 is 41.0. The fraction of sp³-hybridized carbons (Fsp3) is 0.500. The zero-order valence-corrected chi connectivity index (χ0v) is 15.8. The normalized spacial score (nSPS) is 14.6. The van der Waals surface area contributed by atoms with Crippen molar-refractivity contribution in [3.63, 3.8) is 0 Å². The lowest BCUT2D eigenvalue weighted by atomic mass is 9.97. The molecule has 0 unspecified atom stereocenters. The summed E-state index contributed by atoms with van der Waals surface area (Å²) in [6.45, 7) is 6.55. The number of ether oxygens (including phenoxy) is 2. The Labute approximate surface area is 151 Å². The van der Waals surface area contributed by atoms with E-state index in [-0.39, 0.29) is 22.7 Å². The van der Waals surface area contributed by atoms with Crippen LogP contribution in [0.1, 0.15) is 38.0 Å². The van der Waals surface area contributed by atoms with Crippen molar-refractivity contribution in [1.82, 2.24) is 10.1 Å². The Hall–Kier alpha value is -1.80. The van der Waals surface area contributed by atoms with Crippen molar-refractivity contribution in [3.8, 4) is 11.5 Å². The van der Waals surface area contributed by atoms with Gasteiger partial charge in [-0.1, -0.05) is 37.5 Å². The van der Waals surface area contributed by atoms with Gasteiger partial charge in [0.1, 0.15) is 19.0 Å². The second kappa shape index (κ2) is 6.49. The van der Waals surface area contributed by atoms with Crippen molar-refractivity contribution in [3.05, 3.63) is 34.4 Å². The van der Waals surface area contributed by atoms with E-state index in [1.807, 2.05) is 20.8 Å². The van der Waals surface area contributed by atoms with Crippen LogP contribution in [0.2, 0.25) is 5.02 Å². The number of hydrogen-bond donors (Lipinski definition) is 0. The molecule has 9 heteroatoms. The molecule has 2 heterocycles. The number of aromatic nitrogens is 2. The number of rotatable bonds is 4. The first-order valence-electron chi connectivity index (χ1n) is 7.75. The Morgan fingerprint density at radius 1 is 1.16 bits per heavy atom. The van der Waals surface area contributed by atoms with E-state index in [2.05, 4.69) is 10.1 Å². The van der Waals surface area contributed by atoms with Gasteiger partial charge in [-0.15, -0.1) is 0 Å². The summed E-state index contributed by atoms with van der Waals surface area (Å²) in [4.78, 5) is 4.17. The Balaban J connectivity index is 1.78. The maximum atomic E-state index is 12.5. The van der Waals surface area contributed by atoms with Crippen LogP contribution >= 0.6 is 11.6 Å². The van der Waals surface area contributed by atoms with E-state index in [1.54, 1.807) is 12.1 Å². The molecule has 1 aliphatic rings. The zero-order chi connectivity index (χ0) is 18.2. The number of fused-ring (bicyclic) bond motifs is 1. The molecular formula is C16H19ClN2O5S. The molecule has 0 bridgehead atoms. The summed E-state index contributed by atoms with van der Waals surface area (Å²) in [5, 5.41) is 4.09. The van der Waals surface area contributed by atoms with Crippen LogP contribution in [0.4, 0.5) is 0 Å². The first kappa shape index (κ1) is 18.0. The van der Waals surface area contributed by atoms with E-state index in [0.717, 1.165) is 0 Å². The first-order chi connectivity index (χ1) is 11.6. The van der Waals surface area contributed by atoms with E-state index in [9.17, 15) is 8.42 Å². The third-order valence-electron chi connectivity index (χ3n) is 3.50. The van der Waals surface area contributed by atoms with Crippen LogP contribution in [-0.2, 0) is 26.8 Å². The maximum absolute atomic E-state index is 12.5. The van der Waals surface area contributed by atoms with Crippen LogP contribution in [-0.4, -0.2) is 31.8 Å². The molecule has 136 valence electrons. The lowest BCUT2D eigenvalue weighted by molar-refractivity contribution is 0.171. The quantitative estimate of drug-likeness (QED) is 0.797. The van der Waals surface area contributed by atoms with Crippen molar-refractivity contribution in [2.24, 2.45) is 0 Å². The summed E-state index contributed by atoms with van der Waals surface area (Å²) in [7, 11) is -3.50. The summed E-state index contributed by atoms with van der Waals surface area (Å²) in [6, 6.07) is 3.21. The predicted molar refractivity (Wildman–Crippen MR) is 91.8 cm³/mol. The van der Waals surface area contributed by atoms with Gasteiger partial charge in [-0.2, -0.15) is 4.98 Å². The van der Waals surface area contributed by atoms with Crippen molar-refractivity contribution >= 4 is 21.4 Å². The van der Waals surface area contributed by atoms with Crippen LogP contribution in [0.3, 0.4) is 0 Å². The Bertz CT molecular complexity index is 886. The van der Waals surface area contributed by atoms with Crippen molar-refractivity contribution in [2.75, 3.05) is 13.2 Å². The molecule has 0 N–H and O–H groups in total. The molecular weight excluding hydrogens is 368 g/mol. The van der Waals surface area contributed by atoms with Crippen molar-refractivity contribution in [1.29, 1.82) is 0 Å². The number of sulfone groups is 1. The molecule has 1 aromatic heterocycles. The molecule has 1 aliphatic heterocycles. The van der Waals surface area contributed by atoms with Crippen LogP contribution in [0, 0.1) is 0 Å². The maximum Gasteiger partial charge on any atom is 0.232 e. The molecule has 3 rings (SSSR count). The van der Waals surface area contributed by atoms with E-state index in [1.165, 1.54) is 0 Å². The SMILES string of the molecule is CC(C)(C)c1nc(CS(=O)(=O)Cc2cc(Cl)c3c(c2)OCCO3)no1. The summed E-state index contributed by atoms with van der Waals surface area (Å²) >= 11 is 6.15. The second-order valence-corrected chi connectivity index (χ2v) is 9.37. The van der Waals surface area contributed by atoms with Crippen LogP contribution in [0.15, 0.2) is 16.7 Å². The van der Waals surface area contributed by atoms with E-state index < -0.39 is 9.84 Å². The number of nitrogens with zero attached hydrogens (tertiary/aromatic N) is 2.